The van der Waals surface area contributed by atoms with Crippen LogP contribution in [-0.2, 0) is 0 Å². The lowest BCUT2D eigenvalue weighted by Gasteiger charge is -2.12. The van der Waals surface area contributed by atoms with Crippen molar-refractivity contribution in [3.8, 4) is 0 Å². The number of aromatic nitrogens is 6. The van der Waals surface area contributed by atoms with E-state index in [1.165, 1.54) is 0 Å². The Hall–Kier alpha value is -1.44. The molecule has 0 aliphatic rings. The van der Waals surface area contributed by atoms with Crippen molar-refractivity contribution >= 4 is 41.9 Å². The third kappa shape index (κ3) is 2.49. The summed E-state index contributed by atoms with van der Waals surface area (Å²) in [5, 5.41) is 13.6. The fourth-order valence-electron chi connectivity index (χ4n) is 1.69. The zero-order valence-electron chi connectivity index (χ0n) is 9.36. The van der Waals surface area contributed by atoms with E-state index >= 15 is 0 Å². The molecule has 0 bridgehead atoms. The molecule has 6 nitrogen and oxygen atoms in total. The predicted octanol–water partition coefficient (Wildman–Crippen LogP) is 2.17. The quantitative estimate of drug-likeness (QED) is 0.696. The zero-order chi connectivity index (χ0) is 13.4. The van der Waals surface area contributed by atoms with Crippen LogP contribution in [0.2, 0.25) is 15.5 Å². The Kier molecular flexibility index (Phi) is 3.26. The molecule has 0 amide bonds. The fourth-order valence-corrected chi connectivity index (χ4v) is 2.12. The summed E-state index contributed by atoms with van der Waals surface area (Å²) in [6.45, 7) is 0. The number of halogens is 3. The molecule has 0 aliphatic carbocycles. The summed E-state index contributed by atoms with van der Waals surface area (Å²) in [5.41, 5.74) is 0. The summed E-state index contributed by atoms with van der Waals surface area (Å²) in [6, 6.07) is 5.01. The van der Waals surface area contributed by atoms with Crippen LogP contribution in [0.1, 0.15) is 0 Å². The molecule has 3 heterocycles. The van der Waals surface area contributed by atoms with Crippen molar-refractivity contribution in [3.63, 3.8) is 0 Å². The highest BCUT2D eigenvalue weighted by Gasteiger charge is 2.27. The Morgan fingerprint density at radius 3 is 1.21 bits per heavy atom. The monoisotopic (exact) mass is 314 g/mol. The number of nitrogens with zero attached hydrogens (tertiary/aromatic N) is 6. The van der Waals surface area contributed by atoms with Crippen LogP contribution in [0.3, 0.4) is 0 Å². The van der Waals surface area contributed by atoms with Crippen molar-refractivity contribution in [3.05, 3.63) is 52.2 Å². The van der Waals surface area contributed by atoms with Gasteiger partial charge >= 0.3 is 7.12 Å². The van der Waals surface area contributed by atoms with Gasteiger partial charge in [0.05, 0.1) is 0 Å². The van der Waals surface area contributed by atoms with Crippen LogP contribution in [0.25, 0.3) is 0 Å². The Bertz CT molecular complexity index is 609. The molecule has 3 rings (SSSR count). The van der Waals surface area contributed by atoms with E-state index in [9.17, 15) is 0 Å². The van der Waals surface area contributed by atoms with Gasteiger partial charge < -0.3 is 0 Å². The molecule has 0 fully saturated rings. The van der Waals surface area contributed by atoms with Crippen LogP contribution in [0, 0.1) is 0 Å². The highest BCUT2D eigenvalue weighted by Crippen LogP contribution is 2.10. The minimum absolute atomic E-state index is 0.376. The standard InChI is InChI=1S/C9H6BCl3N6/c11-7-1-4-17(14-7)10(18-5-2-8(12)15-18)19-6-3-9(13)16-19/h1-6H. The first-order chi connectivity index (χ1) is 9.13. The van der Waals surface area contributed by atoms with Crippen LogP contribution in [0.15, 0.2) is 36.8 Å². The lowest BCUT2D eigenvalue weighted by molar-refractivity contribution is 0.772. The molecule has 0 spiro atoms. The van der Waals surface area contributed by atoms with Crippen molar-refractivity contribution in [1.82, 2.24) is 29.1 Å². The molecule has 0 saturated carbocycles. The van der Waals surface area contributed by atoms with Gasteiger partial charge in [-0.3, -0.25) is 13.8 Å². The van der Waals surface area contributed by atoms with Gasteiger partial charge in [0.15, 0.2) is 0 Å². The van der Waals surface area contributed by atoms with Crippen LogP contribution in [0.5, 0.6) is 0 Å². The summed E-state index contributed by atoms with van der Waals surface area (Å²) in [7, 11) is -0.465. The first-order valence-corrected chi connectivity index (χ1v) is 6.39. The van der Waals surface area contributed by atoms with Gasteiger partial charge in [0.2, 0.25) is 0 Å². The summed E-state index contributed by atoms with van der Waals surface area (Å²) >= 11 is 17.5. The van der Waals surface area contributed by atoms with E-state index in [4.69, 9.17) is 34.8 Å². The average Bonchev–Trinajstić information content (AvgIpc) is 3.05. The SMILES string of the molecule is Clc1ccn(B(n2ccc(Cl)n2)n2ccc(Cl)n2)n1. The molecule has 10 heteroatoms. The molecule has 3 aromatic rings. The first kappa shape index (κ1) is 12.6. The zero-order valence-corrected chi connectivity index (χ0v) is 11.6. The lowest BCUT2D eigenvalue weighted by Crippen LogP contribution is -2.42. The minimum atomic E-state index is -0.465. The third-order valence-corrected chi connectivity index (χ3v) is 3.04. The summed E-state index contributed by atoms with van der Waals surface area (Å²) < 4.78 is 4.82. The number of rotatable bonds is 3. The van der Waals surface area contributed by atoms with Crippen LogP contribution >= 0.6 is 34.8 Å². The molecule has 0 N–H and O–H groups in total. The van der Waals surface area contributed by atoms with Gasteiger partial charge in [0.25, 0.3) is 0 Å². The van der Waals surface area contributed by atoms with E-state index in [2.05, 4.69) is 15.3 Å². The van der Waals surface area contributed by atoms with Crippen LogP contribution < -0.4 is 0 Å². The molecule has 96 valence electrons. The van der Waals surface area contributed by atoms with E-state index in [0.29, 0.717) is 15.5 Å². The fraction of sp³-hybridized carbons (Fsp3) is 0. The van der Waals surface area contributed by atoms with E-state index < -0.39 is 7.12 Å². The second-order valence-corrected chi connectivity index (χ2v) is 4.86. The van der Waals surface area contributed by atoms with Gasteiger partial charge in [-0.25, -0.2) is 0 Å². The Morgan fingerprint density at radius 1 is 0.684 bits per heavy atom. The van der Waals surface area contributed by atoms with Crippen LogP contribution in [0.4, 0.5) is 0 Å². The minimum Gasteiger partial charge on any atom is -0.267 e. The summed E-state index contributed by atoms with van der Waals surface area (Å²) in [6.07, 6.45) is 5.16. The average molecular weight is 315 g/mol. The molecule has 0 saturated heterocycles. The van der Waals surface area contributed by atoms with Crippen molar-refractivity contribution < 1.29 is 0 Å². The van der Waals surface area contributed by atoms with Gasteiger partial charge in [-0.1, -0.05) is 34.8 Å². The number of hydrogen-bond acceptors (Lipinski definition) is 3. The molecule has 0 radical (unpaired) electrons. The maximum atomic E-state index is 5.85. The van der Waals surface area contributed by atoms with Gasteiger partial charge in [0, 0.05) is 18.6 Å². The highest BCUT2D eigenvalue weighted by atomic mass is 35.5. The van der Waals surface area contributed by atoms with Crippen LogP contribution in [-0.4, -0.2) is 36.2 Å². The summed E-state index contributed by atoms with van der Waals surface area (Å²) in [5.74, 6) is 0. The maximum Gasteiger partial charge on any atom is 0.568 e. The molecule has 19 heavy (non-hydrogen) atoms. The van der Waals surface area contributed by atoms with Gasteiger partial charge in [-0.15, -0.1) is 0 Å². The number of hydrogen-bond donors (Lipinski definition) is 0. The van der Waals surface area contributed by atoms with Crippen molar-refractivity contribution in [2.75, 3.05) is 0 Å². The molecular formula is C9H6BCl3N6. The topological polar surface area (TPSA) is 53.5 Å². The molecule has 0 aromatic carbocycles. The Morgan fingerprint density at radius 2 is 1.00 bits per heavy atom. The third-order valence-electron chi connectivity index (χ3n) is 2.44. The normalized spacial score (nSPS) is 10.9. The van der Waals surface area contributed by atoms with Crippen molar-refractivity contribution in [2.45, 2.75) is 0 Å². The molecule has 0 aliphatic heterocycles. The van der Waals surface area contributed by atoms with E-state index in [-0.39, 0.29) is 0 Å². The Balaban J connectivity index is 2.10. The highest BCUT2D eigenvalue weighted by molar-refractivity contribution is 6.53. The van der Waals surface area contributed by atoms with E-state index in [1.807, 2.05) is 0 Å². The van der Waals surface area contributed by atoms with Gasteiger partial charge in [-0.05, 0) is 18.2 Å². The molecule has 0 atom stereocenters. The molecule has 3 aromatic heterocycles. The van der Waals surface area contributed by atoms with Crippen molar-refractivity contribution in [2.24, 2.45) is 0 Å². The maximum absolute atomic E-state index is 5.85. The smallest absolute Gasteiger partial charge is 0.267 e. The van der Waals surface area contributed by atoms with Gasteiger partial charge in [0.1, 0.15) is 15.5 Å². The first-order valence-electron chi connectivity index (χ1n) is 5.25. The second kappa shape index (κ2) is 4.92. The molecule has 0 unspecified atom stereocenters. The second-order valence-electron chi connectivity index (χ2n) is 3.70. The van der Waals surface area contributed by atoms with Gasteiger partial charge in [-0.2, -0.15) is 15.3 Å². The molecular weight excluding hydrogens is 309 g/mol. The van der Waals surface area contributed by atoms with E-state index in [0.717, 1.165) is 0 Å². The largest absolute Gasteiger partial charge is 0.568 e. The van der Waals surface area contributed by atoms with E-state index in [1.54, 1.807) is 50.6 Å². The predicted molar refractivity (Wildman–Crippen MR) is 73.7 cm³/mol. The summed E-state index contributed by atoms with van der Waals surface area (Å²) in [4.78, 5) is 0. The van der Waals surface area contributed by atoms with Crippen molar-refractivity contribution in [1.29, 1.82) is 0 Å². The Labute approximate surface area is 123 Å². The lowest BCUT2D eigenvalue weighted by atomic mass is 9.96.